The van der Waals surface area contributed by atoms with E-state index in [1.54, 1.807) is 30.3 Å². The van der Waals surface area contributed by atoms with E-state index in [-0.39, 0.29) is 5.75 Å². The number of halogens is 1. The zero-order valence-corrected chi connectivity index (χ0v) is 17.2. The van der Waals surface area contributed by atoms with Gasteiger partial charge in [-0.15, -0.1) is 0 Å². The van der Waals surface area contributed by atoms with E-state index in [1.165, 1.54) is 31.4 Å². The Kier molecular flexibility index (Phi) is 7.78. The van der Waals surface area contributed by atoms with Gasteiger partial charge in [-0.25, -0.2) is 9.18 Å². The zero-order valence-electron chi connectivity index (χ0n) is 17.2. The van der Waals surface area contributed by atoms with Crippen molar-refractivity contribution in [3.05, 3.63) is 65.0 Å². The molecule has 2 aromatic carbocycles. The van der Waals surface area contributed by atoms with Crippen LogP contribution in [-0.4, -0.2) is 19.2 Å². The van der Waals surface area contributed by atoms with Crippen LogP contribution in [0.4, 0.5) is 4.39 Å². The van der Waals surface area contributed by atoms with E-state index in [4.69, 9.17) is 14.2 Å². The maximum Gasteiger partial charge on any atom is 0.343 e. The number of carbonyl (C=O) groups is 1. The van der Waals surface area contributed by atoms with E-state index < -0.39 is 18.1 Å². The lowest BCUT2D eigenvalue weighted by Gasteiger charge is -2.29. The van der Waals surface area contributed by atoms with Gasteiger partial charge in [-0.1, -0.05) is 51.3 Å². The molecule has 0 radical (unpaired) electrons. The molecule has 0 bridgehead atoms. The van der Waals surface area contributed by atoms with Crippen molar-refractivity contribution in [3.63, 3.8) is 0 Å². The van der Waals surface area contributed by atoms with Crippen LogP contribution >= 0.6 is 0 Å². The van der Waals surface area contributed by atoms with Crippen molar-refractivity contribution >= 4 is 5.97 Å². The zero-order chi connectivity index (χ0) is 20.6. The van der Waals surface area contributed by atoms with Crippen molar-refractivity contribution in [3.8, 4) is 5.75 Å². The highest BCUT2D eigenvalue weighted by atomic mass is 19.1. The third-order valence-electron chi connectivity index (χ3n) is 5.21. The Morgan fingerprint density at radius 3 is 2.41 bits per heavy atom. The molecule has 1 aliphatic rings. The average molecular weight is 400 g/mol. The number of ether oxygens (including phenoxy) is 3. The fraction of sp³-hybridized carbons (Fsp3) is 0.458. The smallest absolute Gasteiger partial charge is 0.343 e. The van der Waals surface area contributed by atoms with Crippen molar-refractivity contribution in [2.75, 3.05) is 13.2 Å². The fourth-order valence-corrected chi connectivity index (χ4v) is 3.37. The van der Waals surface area contributed by atoms with Crippen molar-refractivity contribution < 1.29 is 23.4 Å². The van der Waals surface area contributed by atoms with Crippen LogP contribution in [0.3, 0.4) is 0 Å². The quantitative estimate of drug-likeness (QED) is 0.317. The van der Waals surface area contributed by atoms with Crippen molar-refractivity contribution in [1.29, 1.82) is 0 Å². The molecule has 0 aliphatic carbocycles. The second-order valence-corrected chi connectivity index (χ2v) is 7.49. The Morgan fingerprint density at radius 1 is 1.07 bits per heavy atom. The van der Waals surface area contributed by atoms with Crippen LogP contribution < -0.4 is 4.74 Å². The third kappa shape index (κ3) is 5.87. The van der Waals surface area contributed by atoms with E-state index in [0.717, 1.165) is 24.0 Å². The van der Waals surface area contributed by atoms with Crippen molar-refractivity contribution in [2.45, 2.75) is 52.2 Å². The first-order valence-electron chi connectivity index (χ1n) is 10.4. The molecular weight excluding hydrogens is 371 g/mol. The Bertz CT molecular complexity index is 795. The highest BCUT2D eigenvalue weighted by Gasteiger charge is 2.23. The molecule has 0 saturated carbocycles. The highest BCUT2D eigenvalue weighted by Crippen LogP contribution is 2.28. The van der Waals surface area contributed by atoms with Gasteiger partial charge in [-0.3, -0.25) is 0 Å². The number of benzene rings is 2. The van der Waals surface area contributed by atoms with E-state index >= 15 is 0 Å². The SMILES string of the molecule is CCCCCC1COC(c2ccc(C(=O)Oc3ccc(CC)cc3F)cc2)OC1. The molecule has 1 fully saturated rings. The Hall–Kier alpha value is -2.24. The molecule has 0 atom stereocenters. The standard InChI is InChI=1S/C24H29FO4/c1-3-5-6-7-18-15-27-24(28-16-18)20-11-9-19(10-12-20)23(26)29-22-13-8-17(4-2)14-21(22)25/h8-14,18,24H,3-7,15-16H2,1-2H3. The lowest BCUT2D eigenvalue weighted by atomic mass is 10.0. The van der Waals surface area contributed by atoms with Crippen LogP contribution in [0.15, 0.2) is 42.5 Å². The molecule has 29 heavy (non-hydrogen) atoms. The lowest BCUT2D eigenvalue weighted by Crippen LogP contribution is -2.27. The summed E-state index contributed by atoms with van der Waals surface area (Å²) in [6.45, 7) is 5.51. The summed E-state index contributed by atoms with van der Waals surface area (Å²) in [6.07, 6.45) is 5.09. The van der Waals surface area contributed by atoms with Crippen molar-refractivity contribution in [2.24, 2.45) is 5.92 Å². The molecule has 0 unspecified atom stereocenters. The van der Waals surface area contributed by atoms with Gasteiger partial charge in [0.05, 0.1) is 18.8 Å². The Balaban J connectivity index is 1.54. The van der Waals surface area contributed by atoms with Gasteiger partial charge in [0.15, 0.2) is 17.9 Å². The lowest BCUT2D eigenvalue weighted by molar-refractivity contribution is -0.206. The first kappa shape index (κ1) is 21.5. The molecule has 0 amide bonds. The number of rotatable bonds is 8. The molecule has 4 nitrogen and oxygen atoms in total. The van der Waals surface area contributed by atoms with Gasteiger partial charge in [0, 0.05) is 11.5 Å². The van der Waals surface area contributed by atoms with Crippen molar-refractivity contribution in [1.82, 2.24) is 0 Å². The molecule has 3 rings (SSSR count). The first-order valence-corrected chi connectivity index (χ1v) is 10.4. The maximum atomic E-state index is 14.0. The predicted molar refractivity (Wildman–Crippen MR) is 109 cm³/mol. The summed E-state index contributed by atoms with van der Waals surface area (Å²) in [7, 11) is 0. The third-order valence-corrected chi connectivity index (χ3v) is 5.21. The monoisotopic (exact) mass is 400 g/mol. The number of aryl methyl sites for hydroxylation is 1. The topological polar surface area (TPSA) is 44.8 Å². The Labute approximate surface area is 172 Å². The van der Waals surface area contributed by atoms with Gasteiger partial charge in [-0.2, -0.15) is 0 Å². The van der Waals surface area contributed by atoms with Gasteiger partial charge in [-0.05, 0) is 42.7 Å². The summed E-state index contributed by atoms with van der Waals surface area (Å²) >= 11 is 0. The molecule has 1 heterocycles. The predicted octanol–water partition coefficient (Wildman–Crippen LogP) is 5.85. The largest absolute Gasteiger partial charge is 0.420 e. The summed E-state index contributed by atoms with van der Waals surface area (Å²) in [5.74, 6) is -0.752. The van der Waals surface area contributed by atoms with Gasteiger partial charge >= 0.3 is 5.97 Å². The molecule has 156 valence electrons. The fourth-order valence-electron chi connectivity index (χ4n) is 3.37. The van der Waals surface area contributed by atoms with Crippen LogP contribution in [0, 0.1) is 11.7 Å². The molecule has 0 spiro atoms. The van der Waals surface area contributed by atoms with Crippen LogP contribution in [0.25, 0.3) is 0 Å². The minimum Gasteiger partial charge on any atom is -0.420 e. The molecule has 0 aromatic heterocycles. The van der Waals surface area contributed by atoms with E-state index in [2.05, 4.69) is 6.92 Å². The van der Waals surface area contributed by atoms with Crippen LogP contribution in [-0.2, 0) is 15.9 Å². The van der Waals surface area contributed by atoms with Gasteiger partial charge in [0.1, 0.15) is 0 Å². The van der Waals surface area contributed by atoms with Gasteiger partial charge in [0.2, 0.25) is 0 Å². The minimum absolute atomic E-state index is 0.0654. The number of carbonyl (C=O) groups excluding carboxylic acids is 1. The number of esters is 1. The summed E-state index contributed by atoms with van der Waals surface area (Å²) in [6, 6.07) is 11.5. The summed E-state index contributed by atoms with van der Waals surface area (Å²) in [5.41, 5.74) is 2.06. The summed E-state index contributed by atoms with van der Waals surface area (Å²) < 4.78 is 30.9. The molecule has 2 aromatic rings. The van der Waals surface area contributed by atoms with Crippen LogP contribution in [0.5, 0.6) is 5.75 Å². The maximum absolute atomic E-state index is 14.0. The number of hydrogen-bond donors (Lipinski definition) is 0. The summed E-state index contributed by atoms with van der Waals surface area (Å²) in [4.78, 5) is 12.3. The van der Waals surface area contributed by atoms with Gasteiger partial charge < -0.3 is 14.2 Å². The van der Waals surface area contributed by atoms with Crippen LogP contribution in [0.1, 0.15) is 67.3 Å². The molecule has 1 aliphatic heterocycles. The van der Waals surface area contributed by atoms with E-state index in [0.29, 0.717) is 24.7 Å². The molecule has 1 saturated heterocycles. The average Bonchev–Trinajstić information content (AvgIpc) is 2.76. The number of unbranched alkanes of at least 4 members (excludes halogenated alkanes) is 2. The number of hydrogen-bond acceptors (Lipinski definition) is 4. The summed E-state index contributed by atoms with van der Waals surface area (Å²) in [5, 5.41) is 0. The second kappa shape index (κ2) is 10.5. The second-order valence-electron chi connectivity index (χ2n) is 7.49. The molecular formula is C24H29FO4. The normalized spacial score (nSPS) is 19.1. The minimum atomic E-state index is -0.596. The Morgan fingerprint density at radius 2 is 1.79 bits per heavy atom. The molecule has 0 N–H and O–H groups in total. The first-order chi connectivity index (χ1) is 14.1. The highest BCUT2D eigenvalue weighted by molar-refractivity contribution is 5.91. The van der Waals surface area contributed by atoms with Crippen LogP contribution in [0.2, 0.25) is 0 Å². The van der Waals surface area contributed by atoms with E-state index in [1.807, 2.05) is 6.92 Å². The van der Waals surface area contributed by atoms with E-state index in [9.17, 15) is 9.18 Å². The van der Waals surface area contributed by atoms with Gasteiger partial charge in [0.25, 0.3) is 0 Å². The molecule has 5 heteroatoms.